The molecule has 7 heteroatoms. The SMILES string of the molecule is C[C@H](NC(=O)OC(C)(C)C)C1=CN(c2ccc(Cl)cc2)NN1C. The summed E-state index contributed by atoms with van der Waals surface area (Å²) < 4.78 is 5.28. The first kappa shape index (κ1) is 17.4. The Labute approximate surface area is 142 Å². The van der Waals surface area contributed by atoms with Crippen LogP contribution in [0.2, 0.25) is 5.02 Å². The molecule has 1 aliphatic rings. The molecule has 0 spiro atoms. The highest BCUT2D eigenvalue weighted by Crippen LogP contribution is 2.22. The molecule has 1 aliphatic heterocycles. The molecule has 0 aliphatic carbocycles. The molecule has 0 radical (unpaired) electrons. The number of halogens is 1. The second-order valence-corrected chi connectivity index (χ2v) is 6.86. The number of carbonyl (C=O) groups excluding carboxylic acids is 1. The number of amides is 1. The Hall–Kier alpha value is -1.92. The smallest absolute Gasteiger partial charge is 0.408 e. The lowest BCUT2D eigenvalue weighted by Gasteiger charge is -2.25. The summed E-state index contributed by atoms with van der Waals surface area (Å²) in [4.78, 5) is 11.9. The van der Waals surface area contributed by atoms with Crippen LogP contribution < -0.4 is 15.9 Å². The molecular weight excluding hydrogens is 316 g/mol. The molecule has 1 aromatic rings. The summed E-state index contributed by atoms with van der Waals surface area (Å²) in [6.07, 6.45) is 1.48. The quantitative estimate of drug-likeness (QED) is 0.886. The van der Waals surface area contributed by atoms with Gasteiger partial charge in [-0.15, -0.1) is 5.53 Å². The minimum atomic E-state index is -0.520. The average molecular weight is 339 g/mol. The maximum absolute atomic E-state index is 11.9. The Morgan fingerprint density at radius 1 is 1.30 bits per heavy atom. The van der Waals surface area contributed by atoms with Gasteiger partial charge in [-0.2, -0.15) is 0 Å². The third-order valence-electron chi connectivity index (χ3n) is 3.19. The highest BCUT2D eigenvalue weighted by molar-refractivity contribution is 6.30. The molecule has 0 bridgehead atoms. The van der Waals surface area contributed by atoms with Crippen molar-refractivity contribution >= 4 is 23.4 Å². The molecule has 0 saturated heterocycles. The number of ether oxygens (including phenoxy) is 1. The zero-order valence-corrected chi connectivity index (χ0v) is 14.8. The lowest BCUT2D eigenvalue weighted by Crippen LogP contribution is -2.44. The van der Waals surface area contributed by atoms with Crippen molar-refractivity contribution in [2.24, 2.45) is 0 Å². The molecule has 2 N–H and O–H groups in total. The number of nitrogens with zero attached hydrogens (tertiary/aromatic N) is 2. The van der Waals surface area contributed by atoms with Crippen molar-refractivity contribution in [3.8, 4) is 0 Å². The van der Waals surface area contributed by atoms with Crippen LogP contribution in [0.1, 0.15) is 27.7 Å². The third kappa shape index (κ3) is 4.77. The summed E-state index contributed by atoms with van der Waals surface area (Å²) in [5.41, 5.74) is 4.51. The lowest BCUT2D eigenvalue weighted by atomic mass is 10.2. The van der Waals surface area contributed by atoms with Gasteiger partial charge in [0.25, 0.3) is 0 Å². The molecule has 0 saturated carbocycles. The monoisotopic (exact) mass is 338 g/mol. The van der Waals surface area contributed by atoms with Crippen molar-refractivity contribution in [2.45, 2.75) is 39.3 Å². The zero-order valence-electron chi connectivity index (χ0n) is 14.1. The standard InChI is InChI=1S/C16H23ClN4O2/c1-11(18-15(22)23-16(2,3)4)14-10-21(19-20(14)5)13-8-6-12(17)7-9-13/h6-11,19H,1-5H3,(H,18,22)/t11-/m0/s1. The van der Waals surface area contributed by atoms with Gasteiger partial charge >= 0.3 is 6.09 Å². The summed E-state index contributed by atoms with van der Waals surface area (Å²) in [5, 5.41) is 7.22. The van der Waals surface area contributed by atoms with Gasteiger partial charge in [-0.05, 0) is 52.0 Å². The van der Waals surface area contributed by atoms with Crippen molar-refractivity contribution in [1.82, 2.24) is 15.9 Å². The van der Waals surface area contributed by atoms with E-state index < -0.39 is 11.7 Å². The van der Waals surface area contributed by atoms with Crippen LogP contribution >= 0.6 is 11.6 Å². The third-order valence-corrected chi connectivity index (χ3v) is 3.44. The Kier molecular flexibility index (Phi) is 5.06. The van der Waals surface area contributed by atoms with Crippen LogP contribution in [0, 0.1) is 0 Å². The van der Waals surface area contributed by atoms with Crippen LogP contribution in [-0.2, 0) is 4.74 Å². The minimum Gasteiger partial charge on any atom is -0.444 e. The number of carbonyl (C=O) groups is 1. The average Bonchev–Trinajstić information content (AvgIpc) is 2.79. The van der Waals surface area contributed by atoms with Crippen LogP contribution in [-0.4, -0.2) is 29.8 Å². The van der Waals surface area contributed by atoms with E-state index in [0.29, 0.717) is 5.02 Å². The number of likely N-dealkylation sites (N-methyl/N-ethyl adjacent to an activating group) is 1. The molecule has 0 fully saturated rings. The molecule has 2 rings (SSSR count). The first-order valence-corrected chi connectivity index (χ1v) is 7.79. The number of alkyl carbamates (subject to hydrolysis) is 1. The first-order chi connectivity index (χ1) is 10.7. The fourth-order valence-corrected chi connectivity index (χ4v) is 2.29. The van der Waals surface area contributed by atoms with Crippen LogP contribution in [0.5, 0.6) is 0 Å². The van der Waals surface area contributed by atoms with Crippen molar-refractivity contribution in [1.29, 1.82) is 0 Å². The van der Waals surface area contributed by atoms with Crippen LogP contribution in [0.3, 0.4) is 0 Å². The van der Waals surface area contributed by atoms with Gasteiger partial charge in [0.1, 0.15) is 5.60 Å². The van der Waals surface area contributed by atoms with E-state index in [1.165, 1.54) is 0 Å². The van der Waals surface area contributed by atoms with E-state index in [1.807, 2.05) is 75.2 Å². The Morgan fingerprint density at radius 3 is 2.48 bits per heavy atom. The van der Waals surface area contributed by atoms with E-state index in [2.05, 4.69) is 10.9 Å². The van der Waals surface area contributed by atoms with Crippen LogP contribution in [0.15, 0.2) is 36.2 Å². The van der Waals surface area contributed by atoms with E-state index in [-0.39, 0.29) is 6.04 Å². The minimum absolute atomic E-state index is 0.209. The molecule has 1 heterocycles. The van der Waals surface area contributed by atoms with Gasteiger partial charge in [0.15, 0.2) is 0 Å². The molecule has 126 valence electrons. The fourth-order valence-electron chi connectivity index (χ4n) is 2.16. The van der Waals surface area contributed by atoms with E-state index >= 15 is 0 Å². The van der Waals surface area contributed by atoms with Gasteiger partial charge in [0, 0.05) is 18.3 Å². The highest BCUT2D eigenvalue weighted by atomic mass is 35.5. The number of benzene rings is 1. The molecule has 1 amide bonds. The second kappa shape index (κ2) is 6.68. The predicted molar refractivity (Wildman–Crippen MR) is 91.7 cm³/mol. The summed E-state index contributed by atoms with van der Waals surface area (Å²) in [6.45, 7) is 7.41. The Bertz CT molecular complexity index is 595. The number of hydrogen-bond acceptors (Lipinski definition) is 5. The molecule has 1 aromatic carbocycles. The Balaban J connectivity index is 2.04. The van der Waals surface area contributed by atoms with Crippen molar-refractivity contribution < 1.29 is 9.53 Å². The van der Waals surface area contributed by atoms with Gasteiger partial charge in [0.2, 0.25) is 0 Å². The van der Waals surface area contributed by atoms with E-state index in [0.717, 1.165) is 11.4 Å². The predicted octanol–water partition coefficient (Wildman–Crippen LogP) is 3.27. The maximum atomic E-state index is 11.9. The van der Waals surface area contributed by atoms with Crippen molar-refractivity contribution in [3.05, 3.63) is 41.2 Å². The molecule has 0 aromatic heterocycles. The van der Waals surface area contributed by atoms with Gasteiger partial charge in [-0.25, -0.2) is 4.79 Å². The van der Waals surface area contributed by atoms with E-state index in [1.54, 1.807) is 0 Å². The zero-order chi connectivity index (χ0) is 17.2. The fraction of sp³-hybridized carbons (Fsp3) is 0.438. The summed E-state index contributed by atoms with van der Waals surface area (Å²) in [6, 6.07) is 7.27. The number of hydrazine groups is 2. The molecular formula is C16H23ClN4O2. The van der Waals surface area contributed by atoms with Gasteiger partial charge in [0.05, 0.1) is 17.4 Å². The summed E-state index contributed by atoms with van der Waals surface area (Å²) in [5.74, 6) is 0. The first-order valence-electron chi connectivity index (χ1n) is 7.42. The molecule has 23 heavy (non-hydrogen) atoms. The van der Waals surface area contributed by atoms with E-state index in [9.17, 15) is 4.79 Å². The number of rotatable bonds is 3. The topological polar surface area (TPSA) is 56.8 Å². The lowest BCUT2D eigenvalue weighted by molar-refractivity contribution is 0.0510. The highest BCUT2D eigenvalue weighted by Gasteiger charge is 2.25. The van der Waals surface area contributed by atoms with Gasteiger partial charge in [-0.3, -0.25) is 10.0 Å². The number of nitrogens with one attached hydrogen (secondary N) is 2. The number of anilines is 1. The van der Waals surface area contributed by atoms with Crippen molar-refractivity contribution in [3.63, 3.8) is 0 Å². The van der Waals surface area contributed by atoms with Crippen molar-refractivity contribution in [2.75, 3.05) is 12.1 Å². The largest absolute Gasteiger partial charge is 0.444 e. The summed E-state index contributed by atoms with van der Waals surface area (Å²) in [7, 11) is 1.88. The summed E-state index contributed by atoms with van der Waals surface area (Å²) >= 11 is 5.91. The Morgan fingerprint density at radius 2 is 1.91 bits per heavy atom. The van der Waals surface area contributed by atoms with Crippen LogP contribution in [0.25, 0.3) is 0 Å². The second-order valence-electron chi connectivity index (χ2n) is 6.43. The van der Waals surface area contributed by atoms with Gasteiger partial charge in [-0.1, -0.05) is 11.6 Å². The van der Waals surface area contributed by atoms with E-state index in [4.69, 9.17) is 16.3 Å². The number of hydrogen-bond donors (Lipinski definition) is 2. The maximum Gasteiger partial charge on any atom is 0.408 e. The van der Waals surface area contributed by atoms with Crippen LogP contribution in [0.4, 0.5) is 10.5 Å². The molecule has 6 nitrogen and oxygen atoms in total. The van der Waals surface area contributed by atoms with Gasteiger partial charge < -0.3 is 10.1 Å². The molecule has 0 unspecified atom stereocenters. The molecule has 1 atom stereocenters. The normalized spacial score (nSPS) is 16.2.